The summed E-state index contributed by atoms with van der Waals surface area (Å²) < 4.78 is 17.9. The minimum Gasteiger partial charge on any atom is -0.493 e. The van der Waals surface area contributed by atoms with Crippen LogP contribution in [0.3, 0.4) is 0 Å². The molecular weight excluding hydrogens is 336 g/mol. The summed E-state index contributed by atoms with van der Waals surface area (Å²) in [6.45, 7) is 3.13. The van der Waals surface area contributed by atoms with Crippen molar-refractivity contribution < 1.29 is 24.0 Å². The lowest BCUT2D eigenvalue weighted by Gasteiger charge is -2.53. The maximum atomic E-state index is 11.5. The number of nitrogens with zero attached hydrogens (tertiary/aromatic N) is 1. The van der Waals surface area contributed by atoms with Gasteiger partial charge in [-0.25, -0.2) is 0 Å². The zero-order valence-electron chi connectivity index (χ0n) is 15.2. The maximum Gasteiger partial charge on any atom is 0.245 e. The number of morpholine rings is 1. The molecule has 1 saturated heterocycles. The van der Waals surface area contributed by atoms with Gasteiger partial charge in [-0.05, 0) is 18.9 Å². The van der Waals surface area contributed by atoms with E-state index in [1.165, 1.54) is 4.90 Å². The predicted molar refractivity (Wildman–Crippen MR) is 94.4 cm³/mol. The average Bonchev–Trinajstić information content (AvgIpc) is 2.67. The molecule has 26 heavy (non-hydrogen) atoms. The molecule has 7 heteroatoms. The summed E-state index contributed by atoms with van der Waals surface area (Å²) in [6, 6.07) is 5.76. The Morgan fingerprint density at radius 2 is 2.15 bits per heavy atom. The van der Waals surface area contributed by atoms with Crippen LogP contribution in [0, 0.1) is 16.0 Å². The normalized spacial score (nSPS) is 31.4. The first kappa shape index (κ1) is 17.5. The first-order chi connectivity index (χ1) is 12.7. The molecule has 7 nitrogen and oxygen atoms in total. The van der Waals surface area contributed by atoms with E-state index in [0.29, 0.717) is 24.7 Å². The lowest BCUT2D eigenvalue weighted by atomic mass is 9.68. The van der Waals surface area contributed by atoms with Gasteiger partial charge in [-0.3, -0.25) is 15.0 Å². The fourth-order valence-electron chi connectivity index (χ4n) is 5.26. The molecular formula is C19H27N2O5+. The molecule has 0 spiro atoms. The van der Waals surface area contributed by atoms with Gasteiger partial charge in [0.25, 0.3) is 0 Å². The second-order valence-corrected chi connectivity index (χ2v) is 7.56. The van der Waals surface area contributed by atoms with E-state index in [4.69, 9.17) is 14.2 Å². The fraction of sp³-hybridized carbons (Fsp3) is 0.684. The van der Waals surface area contributed by atoms with Gasteiger partial charge in [-0.2, -0.15) is 0 Å². The van der Waals surface area contributed by atoms with Crippen LogP contribution in [0.25, 0.3) is 0 Å². The highest BCUT2D eigenvalue weighted by Gasteiger charge is 2.59. The summed E-state index contributed by atoms with van der Waals surface area (Å²) in [5.74, 6) is 1.39. The van der Waals surface area contributed by atoms with Gasteiger partial charge in [0.1, 0.15) is 13.1 Å². The van der Waals surface area contributed by atoms with Crippen LogP contribution >= 0.6 is 0 Å². The van der Waals surface area contributed by atoms with Crippen molar-refractivity contribution in [2.45, 2.75) is 37.3 Å². The van der Waals surface area contributed by atoms with E-state index in [1.54, 1.807) is 7.11 Å². The molecule has 2 heterocycles. The van der Waals surface area contributed by atoms with Crippen molar-refractivity contribution >= 4 is 0 Å². The van der Waals surface area contributed by atoms with Crippen molar-refractivity contribution in [3.05, 3.63) is 33.9 Å². The predicted octanol–water partition coefficient (Wildman–Crippen LogP) is 1.25. The number of ether oxygens (including phenoxy) is 3. The van der Waals surface area contributed by atoms with Crippen molar-refractivity contribution in [2.75, 3.05) is 40.0 Å². The molecule has 1 aliphatic carbocycles. The number of fused-ring (bicyclic) bond motifs is 2. The summed E-state index contributed by atoms with van der Waals surface area (Å²) in [4.78, 5) is 12.7. The molecule has 3 atom stereocenters. The second kappa shape index (κ2) is 7.04. The highest BCUT2D eigenvalue weighted by molar-refractivity contribution is 5.50. The van der Waals surface area contributed by atoms with Crippen molar-refractivity contribution in [1.82, 2.24) is 0 Å². The highest BCUT2D eigenvalue weighted by atomic mass is 16.6. The minimum absolute atomic E-state index is 0.0558. The van der Waals surface area contributed by atoms with Gasteiger partial charge in [0.2, 0.25) is 12.3 Å². The van der Waals surface area contributed by atoms with Crippen molar-refractivity contribution in [3.63, 3.8) is 0 Å². The zero-order chi connectivity index (χ0) is 18.1. The van der Waals surface area contributed by atoms with Crippen LogP contribution in [0.4, 0.5) is 0 Å². The molecule has 3 aliphatic rings. The zero-order valence-corrected chi connectivity index (χ0v) is 15.2. The second-order valence-electron chi connectivity index (χ2n) is 7.56. The van der Waals surface area contributed by atoms with Crippen LogP contribution in [-0.2, 0) is 4.74 Å². The Kier molecular flexibility index (Phi) is 4.75. The van der Waals surface area contributed by atoms with Crippen molar-refractivity contribution in [2.24, 2.45) is 5.92 Å². The number of nitrogens with one attached hydrogen (secondary N) is 1. The SMILES string of the molecule is COc1cccc2c1O[C@]1([NH+]3CCOCC3)CCCC[C@@H]1[C@H]2C[N+](=O)[O-]. The van der Waals surface area contributed by atoms with Gasteiger partial charge in [-0.1, -0.05) is 18.6 Å². The van der Waals surface area contributed by atoms with Crippen molar-refractivity contribution in [3.8, 4) is 11.5 Å². The van der Waals surface area contributed by atoms with Crippen molar-refractivity contribution in [1.29, 1.82) is 0 Å². The van der Waals surface area contributed by atoms with Gasteiger partial charge in [-0.15, -0.1) is 0 Å². The number of para-hydroxylation sites is 1. The largest absolute Gasteiger partial charge is 0.493 e. The van der Waals surface area contributed by atoms with Gasteiger partial charge < -0.3 is 14.2 Å². The number of quaternary nitrogens is 1. The minimum atomic E-state index is -0.412. The van der Waals surface area contributed by atoms with E-state index < -0.39 is 5.72 Å². The number of hydrogen-bond donors (Lipinski definition) is 1. The van der Waals surface area contributed by atoms with E-state index in [0.717, 1.165) is 44.3 Å². The summed E-state index contributed by atoms with van der Waals surface area (Å²) in [6.07, 6.45) is 4.10. The molecule has 4 rings (SSSR count). The third-order valence-electron chi connectivity index (χ3n) is 6.35. The third-order valence-corrected chi connectivity index (χ3v) is 6.35. The van der Waals surface area contributed by atoms with E-state index in [-0.39, 0.29) is 23.3 Å². The summed E-state index contributed by atoms with van der Waals surface area (Å²) in [7, 11) is 1.63. The number of hydrogen-bond acceptors (Lipinski definition) is 5. The lowest BCUT2D eigenvalue weighted by Crippen LogP contribution is -3.24. The molecule has 1 saturated carbocycles. The summed E-state index contributed by atoms with van der Waals surface area (Å²) in [5.41, 5.74) is 0.515. The standard InChI is InChI=1S/C19H26N2O5/c1-24-17-7-4-5-14-15(13-21(22)23)16-6-2-3-8-19(16,26-18(14)17)20-9-11-25-12-10-20/h4-5,7,15-16H,2-3,6,8-13H2,1H3/p+1/t15-,16+,19+/m0/s1. The number of nitro groups is 1. The molecule has 2 aliphatic heterocycles. The number of rotatable bonds is 4. The molecule has 0 amide bonds. The molecule has 1 aromatic rings. The average molecular weight is 363 g/mol. The summed E-state index contributed by atoms with van der Waals surface area (Å²) >= 11 is 0. The van der Waals surface area contributed by atoms with Crippen LogP contribution in [0.5, 0.6) is 11.5 Å². The smallest absolute Gasteiger partial charge is 0.245 e. The van der Waals surface area contributed by atoms with E-state index in [9.17, 15) is 10.1 Å². The summed E-state index contributed by atoms with van der Waals surface area (Å²) in [5, 5.41) is 11.5. The lowest BCUT2D eigenvalue weighted by molar-refractivity contribution is -0.988. The molecule has 1 aromatic carbocycles. The van der Waals surface area contributed by atoms with E-state index in [2.05, 4.69) is 0 Å². The first-order valence-corrected chi connectivity index (χ1v) is 9.56. The molecule has 1 N–H and O–H groups in total. The first-order valence-electron chi connectivity index (χ1n) is 9.56. The van der Waals surface area contributed by atoms with Crippen LogP contribution in [0.15, 0.2) is 18.2 Å². The molecule has 142 valence electrons. The monoisotopic (exact) mass is 363 g/mol. The van der Waals surface area contributed by atoms with Gasteiger partial charge in [0.05, 0.1) is 32.2 Å². The van der Waals surface area contributed by atoms with E-state index >= 15 is 0 Å². The molecule has 0 unspecified atom stereocenters. The quantitative estimate of drug-likeness (QED) is 0.644. The Morgan fingerprint density at radius 1 is 1.35 bits per heavy atom. The van der Waals surface area contributed by atoms with Crippen LogP contribution in [-0.4, -0.2) is 50.6 Å². The third kappa shape index (κ3) is 2.83. The van der Waals surface area contributed by atoms with Crippen LogP contribution < -0.4 is 14.4 Å². The highest BCUT2D eigenvalue weighted by Crippen LogP contribution is 2.52. The molecule has 0 radical (unpaired) electrons. The van der Waals surface area contributed by atoms with Crippen LogP contribution in [0.2, 0.25) is 0 Å². The Balaban J connectivity index is 1.83. The molecule has 0 aromatic heterocycles. The van der Waals surface area contributed by atoms with Gasteiger partial charge >= 0.3 is 0 Å². The van der Waals surface area contributed by atoms with Crippen LogP contribution in [0.1, 0.15) is 37.2 Å². The van der Waals surface area contributed by atoms with Gasteiger partial charge in [0.15, 0.2) is 11.5 Å². The van der Waals surface area contributed by atoms with Gasteiger partial charge in [0, 0.05) is 16.9 Å². The Bertz CT molecular complexity index is 676. The number of methoxy groups -OCH3 is 1. The Morgan fingerprint density at radius 3 is 2.88 bits per heavy atom. The maximum absolute atomic E-state index is 11.5. The Hall–Kier alpha value is -1.86. The number of benzene rings is 1. The fourth-order valence-corrected chi connectivity index (χ4v) is 5.26. The van der Waals surface area contributed by atoms with E-state index in [1.807, 2.05) is 18.2 Å². The topological polar surface area (TPSA) is 75.3 Å². The Labute approximate surface area is 153 Å². The molecule has 2 fully saturated rings. The molecule has 0 bridgehead atoms.